The fraction of sp³-hybridized carbons (Fsp3) is 0.0732. The summed E-state index contributed by atoms with van der Waals surface area (Å²) in [5.41, 5.74) is 11.6. The molecule has 42 heavy (non-hydrogen) atoms. The lowest BCUT2D eigenvalue weighted by Gasteiger charge is -2.35. The van der Waals surface area contributed by atoms with Crippen molar-refractivity contribution >= 4 is 43.4 Å². The molecule has 0 unspecified atom stereocenters. The quantitative estimate of drug-likeness (QED) is 0.207. The normalized spacial score (nSPS) is 13.7. The van der Waals surface area contributed by atoms with Crippen molar-refractivity contribution in [2.45, 2.75) is 19.3 Å². The lowest BCUT2D eigenvalue weighted by atomic mass is 9.68. The Balaban J connectivity index is 1.38. The van der Waals surface area contributed by atoms with Gasteiger partial charge in [0.15, 0.2) is 0 Å². The molecular formula is C41H29N. The van der Waals surface area contributed by atoms with Gasteiger partial charge in [-0.15, -0.1) is 0 Å². The van der Waals surface area contributed by atoms with Gasteiger partial charge in [0.05, 0.1) is 11.0 Å². The monoisotopic (exact) mass is 535 g/mol. The van der Waals surface area contributed by atoms with Gasteiger partial charge in [0, 0.05) is 27.4 Å². The van der Waals surface area contributed by atoms with Gasteiger partial charge in [-0.25, -0.2) is 0 Å². The van der Waals surface area contributed by atoms with Crippen molar-refractivity contribution in [1.82, 2.24) is 4.57 Å². The first-order valence-electron chi connectivity index (χ1n) is 14.8. The molecule has 1 aromatic heterocycles. The van der Waals surface area contributed by atoms with Gasteiger partial charge in [-0.3, -0.25) is 0 Å². The minimum absolute atomic E-state index is 0.0757. The van der Waals surface area contributed by atoms with Crippen molar-refractivity contribution in [2.75, 3.05) is 0 Å². The highest BCUT2D eigenvalue weighted by Crippen LogP contribution is 2.52. The van der Waals surface area contributed by atoms with Crippen LogP contribution in [0.1, 0.15) is 25.0 Å². The zero-order valence-corrected chi connectivity index (χ0v) is 23.7. The van der Waals surface area contributed by atoms with E-state index in [1.54, 1.807) is 0 Å². The van der Waals surface area contributed by atoms with Crippen molar-refractivity contribution in [3.63, 3.8) is 0 Å². The summed E-state index contributed by atoms with van der Waals surface area (Å²) in [6, 6.07) is 51.6. The van der Waals surface area contributed by atoms with Crippen LogP contribution in [0.25, 0.3) is 71.3 Å². The molecule has 0 aliphatic heterocycles. The van der Waals surface area contributed by atoms with Gasteiger partial charge in [0.25, 0.3) is 0 Å². The van der Waals surface area contributed by atoms with Crippen LogP contribution in [-0.4, -0.2) is 4.57 Å². The second-order valence-corrected chi connectivity index (χ2v) is 12.1. The summed E-state index contributed by atoms with van der Waals surface area (Å²) in [6.07, 6.45) is 0. The summed E-state index contributed by atoms with van der Waals surface area (Å²) in [5, 5.41) is 7.84. The summed E-state index contributed by atoms with van der Waals surface area (Å²) >= 11 is 0. The third-order valence-electron chi connectivity index (χ3n) is 9.57. The van der Waals surface area contributed by atoms with Crippen LogP contribution in [0.5, 0.6) is 0 Å². The maximum atomic E-state index is 2.50. The number of hydrogen-bond acceptors (Lipinski definition) is 0. The molecule has 0 amide bonds. The Labute approximate surface area is 245 Å². The number of para-hydroxylation sites is 1. The molecule has 1 aliphatic carbocycles. The van der Waals surface area contributed by atoms with Crippen molar-refractivity contribution in [1.29, 1.82) is 0 Å². The highest BCUT2D eigenvalue weighted by molar-refractivity contribution is 6.23. The Hall–Kier alpha value is -5.14. The molecule has 0 bridgehead atoms. The lowest BCUT2D eigenvalue weighted by Crippen LogP contribution is -2.23. The van der Waals surface area contributed by atoms with Crippen LogP contribution in [-0.2, 0) is 5.41 Å². The van der Waals surface area contributed by atoms with Crippen LogP contribution < -0.4 is 0 Å². The van der Waals surface area contributed by atoms with E-state index in [2.05, 4.69) is 158 Å². The van der Waals surface area contributed by atoms with Crippen molar-refractivity contribution in [2.24, 2.45) is 0 Å². The van der Waals surface area contributed by atoms with Crippen LogP contribution in [0.2, 0.25) is 0 Å². The molecule has 8 aromatic rings. The molecule has 0 fully saturated rings. The van der Waals surface area contributed by atoms with Crippen LogP contribution in [0, 0.1) is 0 Å². The van der Waals surface area contributed by atoms with Gasteiger partial charge in [0.1, 0.15) is 0 Å². The summed E-state index contributed by atoms with van der Waals surface area (Å²) in [4.78, 5) is 0. The Morgan fingerprint density at radius 1 is 0.500 bits per heavy atom. The molecule has 0 spiro atoms. The Kier molecular flexibility index (Phi) is 4.73. The van der Waals surface area contributed by atoms with Gasteiger partial charge in [-0.05, 0) is 73.6 Å². The summed E-state index contributed by atoms with van der Waals surface area (Å²) in [6.45, 7) is 4.74. The van der Waals surface area contributed by atoms with E-state index in [-0.39, 0.29) is 5.41 Å². The Morgan fingerprint density at radius 3 is 2.02 bits per heavy atom. The topological polar surface area (TPSA) is 4.93 Å². The van der Waals surface area contributed by atoms with Gasteiger partial charge >= 0.3 is 0 Å². The molecule has 0 saturated carbocycles. The van der Waals surface area contributed by atoms with E-state index in [0.29, 0.717) is 0 Å². The number of benzene rings is 7. The number of nitrogens with zero attached hydrogens (tertiary/aromatic N) is 1. The fourth-order valence-electron chi connectivity index (χ4n) is 7.61. The maximum Gasteiger partial charge on any atom is 0.0626 e. The first-order valence-corrected chi connectivity index (χ1v) is 14.8. The second-order valence-electron chi connectivity index (χ2n) is 12.1. The molecular weight excluding hydrogens is 506 g/mol. The number of fused-ring (bicyclic) bond motifs is 7. The van der Waals surface area contributed by atoms with Crippen LogP contribution >= 0.6 is 0 Å². The molecule has 0 radical (unpaired) electrons. The van der Waals surface area contributed by atoms with Gasteiger partial charge in [0.2, 0.25) is 0 Å². The highest BCUT2D eigenvalue weighted by atomic mass is 15.0. The van der Waals surface area contributed by atoms with E-state index in [1.165, 1.54) is 82.4 Å². The molecule has 0 N–H and O–H groups in total. The number of rotatable bonds is 2. The van der Waals surface area contributed by atoms with Gasteiger partial charge in [-0.1, -0.05) is 129 Å². The van der Waals surface area contributed by atoms with Crippen LogP contribution in [0.3, 0.4) is 0 Å². The standard InChI is InChI=1S/C41H29N/c1-41(2)35-18-7-5-16-33(35)39-38-28(13-10-19-36(38)41)25-34-32-15-6-8-20-37(32)42(40(34)39)29-23-21-27(22-24-29)31-17-9-12-26-11-3-4-14-30(26)31/h3-25H,1-2H3. The van der Waals surface area contributed by atoms with E-state index >= 15 is 0 Å². The van der Waals surface area contributed by atoms with E-state index in [0.717, 1.165) is 0 Å². The molecule has 9 rings (SSSR count). The van der Waals surface area contributed by atoms with Crippen molar-refractivity contribution < 1.29 is 0 Å². The summed E-state index contributed by atoms with van der Waals surface area (Å²) in [5.74, 6) is 0. The minimum atomic E-state index is -0.0757. The molecule has 1 aliphatic rings. The molecule has 0 atom stereocenters. The molecule has 7 aromatic carbocycles. The highest BCUT2D eigenvalue weighted by Gasteiger charge is 2.35. The lowest BCUT2D eigenvalue weighted by molar-refractivity contribution is 0.645. The Morgan fingerprint density at radius 2 is 1.14 bits per heavy atom. The minimum Gasteiger partial charge on any atom is -0.309 e. The second kappa shape index (κ2) is 8.44. The van der Waals surface area contributed by atoms with E-state index in [1.807, 2.05) is 0 Å². The smallest absolute Gasteiger partial charge is 0.0626 e. The van der Waals surface area contributed by atoms with E-state index < -0.39 is 0 Å². The van der Waals surface area contributed by atoms with Crippen LogP contribution in [0.15, 0.2) is 140 Å². The SMILES string of the molecule is CC1(C)c2ccccc2-c2c3c1cccc3cc1c3ccccc3n(-c3ccc(-c4cccc5ccccc45)cc3)c21. The maximum absolute atomic E-state index is 2.50. The third kappa shape index (κ3) is 3.08. The molecule has 1 heterocycles. The number of hydrogen-bond donors (Lipinski definition) is 0. The largest absolute Gasteiger partial charge is 0.309 e. The van der Waals surface area contributed by atoms with Crippen molar-refractivity contribution in [3.05, 3.63) is 151 Å². The predicted molar refractivity (Wildman–Crippen MR) is 179 cm³/mol. The zero-order valence-electron chi connectivity index (χ0n) is 23.7. The third-order valence-corrected chi connectivity index (χ3v) is 9.57. The molecule has 1 nitrogen and oxygen atoms in total. The van der Waals surface area contributed by atoms with Gasteiger partial charge in [-0.2, -0.15) is 0 Å². The zero-order chi connectivity index (χ0) is 28.0. The van der Waals surface area contributed by atoms with Crippen LogP contribution in [0.4, 0.5) is 0 Å². The summed E-state index contributed by atoms with van der Waals surface area (Å²) in [7, 11) is 0. The molecule has 0 saturated heterocycles. The van der Waals surface area contributed by atoms with E-state index in [9.17, 15) is 0 Å². The summed E-state index contributed by atoms with van der Waals surface area (Å²) < 4.78 is 2.50. The predicted octanol–water partition coefficient (Wildman–Crippen LogP) is 11.1. The number of aromatic nitrogens is 1. The first-order chi connectivity index (χ1) is 20.6. The average molecular weight is 536 g/mol. The van der Waals surface area contributed by atoms with E-state index in [4.69, 9.17) is 0 Å². The fourth-order valence-corrected chi connectivity index (χ4v) is 7.61. The average Bonchev–Trinajstić information content (AvgIpc) is 3.37. The van der Waals surface area contributed by atoms with Crippen molar-refractivity contribution in [3.8, 4) is 27.9 Å². The molecule has 1 heteroatoms. The molecule has 198 valence electrons. The van der Waals surface area contributed by atoms with Gasteiger partial charge < -0.3 is 4.57 Å². The Bertz CT molecular complexity index is 2360. The first kappa shape index (κ1) is 23.6.